The molecule has 0 spiro atoms. The minimum atomic E-state index is -4.97. The van der Waals surface area contributed by atoms with Gasteiger partial charge in [0.15, 0.2) is 12.2 Å². The van der Waals surface area contributed by atoms with Crippen LogP contribution in [0.5, 0.6) is 0 Å². The molecule has 2 unspecified atom stereocenters. The summed E-state index contributed by atoms with van der Waals surface area (Å²) in [7, 11) is -9.94. The fourth-order valence-corrected chi connectivity index (χ4v) is 16.5. The van der Waals surface area contributed by atoms with Crippen LogP contribution in [0.1, 0.15) is 522 Å². The maximum Gasteiger partial charge on any atom is 0.472 e. The lowest BCUT2D eigenvalue weighted by molar-refractivity contribution is -0.161. The van der Waals surface area contributed by atoms with Gasteiger partial charge < -0.3 is 33.8 Å². The van der Waals surface area contributed by atoms with Gasteiger partial charge in [-0.3, -0.25) is 37.3 Å². The van der Waals surface area contributed by atoms with Crippen LogP contribution in [0.25, 0.3) is 0 Å². The number of rotatable bonds is 95. The number of ether oxygens (including phenoxy) is 4. The van der Waals surface area contributed by atoms with Crippen LogP contribution in [0.2, 0.25) is 0 Å². The summed E-state index contributed by atoms with van der Waals surface area (Å²) in [4.78, 5) is 73.5. The van der Waals surface area contributed by atoms with Gasteiger partial charge in [0.2, 0.25) is 0 Å². The number of aliphatic hydroxyl groups is 1. The van der Waals surface area contributed by atoms with E-state index in [1.807, 2.05) is 0 Å². The Kier molecular flexibility index (Phi) is 86.4. The average Bonchev–Trinajstić information content (AvgIpc) is 0.898. The van der Waals surface area contributed by atoms with E-state index in [-0.39, 0.29) is 25.7 Å². The third kappa shape index (κ3) is 87.7. The van der Waals surface area contributed by atoms with Crippen molar-refractivity contribution in [2.24, 2.45) is 0 Å². The second kappa shape index (κ2) is 87.9. The number of aliphatic hydroxyl groups excluding tert-OH is 1. The van der Waals surface area contributed by atoms with E-state index in [1.54, 1.807) is 0 Å². The number of unbranched alkanes of at least 4 members (excludes halogenated alkanes) is 69. The molecule has 0 fully saturated rings. The second-order valence-corrected chi connectivity index (χ2v) is 36.7. The predicted molar refractivity (Wildman–Crippen MR) is 469 cm³/mol. The monoisotopic (exact) mass is 1650 g/mol. The first kappa shape index (κ1) is 111. The van der Waals surface area contributed by atoms with Crippen molar-refractivity contribution in [1.29, 1.82) is 0 Å². The molecule has 3 N–H and O–H groups in total. The molecule has 0 aliphatic rings. The summed E-state index contributed by atoms with van der Waals surface area (Å²) in [5.41, 5.74) is 0. The molecule has 19 heteroatoms. The van der Waals surface area contributed by atoms with Crippen LogP contribution in [-0.2, 0) is 65.4 Å². The smallest absolute Gasteiger partial charge is 0.462 e. The molecule has 113 heavy (non-hydrogen) atoms. The Hall–Kier alpha value is -1.94. The van der Waals surface area contributed by atoms with E-state index in [0.29, 0.717) is 25.7 Å². The Balaban J connectivity index is 5.23. The molecule has 672 valence electrons. The Labute approximate surface area is 696 Å². The lowest BCUT2D eigenvalue weighted by Gasteiger charge is -2.21. The molecular weight excluding hydrogens is 1460 g/mol. The molecule has 0 rings (SSSR count). The van der Waals surface area contributed by atoms with Crippen molar-refractivity contribution in [3.63, 3.8) is 0 Å². The van der Waals surface area contributed by atoms with Crippen molar-refractivity contribution < 1.29 is 80.2 Å². The summed E-state index contributed by atoms with van der Waals surface area (Å²) >= 11 is 0. The van der Waals surface area contributed by atoms with Gasteiger partial charge in [-0.1, -0.05) is 471 Å². The van der Waals surface area contributed by atoms with Gasteiger partial charge in [-0.2, -0.15) is 0 Å². The van der Waals surface area contributed by atoms with Crippen LogP contribution in [0, 0.1) is 0 Å². The van der Waals surface area contributed by atoms with E-state index >= 15 is 0 Å². The fraction of sp³-hybridized carbons (Fsp3) is 0.957. The first-order valence-electron chi connectivity index (χ1n) is 48.8. The minimum Gasteiger partial charge on any atom is -0.462 e. The molecular formula is C94H184O17P2. The maximum atomic E-state index is 13.2. The van der Waals surface area contributed by atoms with Crippen LogP contribution < -0.4 is 0 Å². The van der Waals surface area contributed by atoms with Crippen molar-refractivity contribution in [2.75, 3.05) is 39.6 Å². The lowest BCUT2D eigenvalue weighted by atomic mass is 10.0. The summed E-state index contributed by atoms with van der Waals surface area (Å²) in [6.45, 7) is 5.10. The number of phosphoric ester groups is 2. The van der Waals surface area contributed by atoms with Gasteiger partial charge in [-0.05, 0) is 25.7 Å². The van der Waals surface area contributed by atoms with Crippen molar-refractivity contribution in [3.8, 4) is 0 Å². The highest BCUT2D eigenvalue weighted by Crippen LogP contribution is 2.45. The molecule has 5 atom stereocenters. The molecule has 0 aliphatic heterocycles. The van der Waals surface area contributed by atoms with E-state index in [4.69, 9.17) is 37.0 Å². The maximum absolute atomic E-state index is 13.2. The van der Waals surface area contributed by atoms with E-state index in [9.17, 15) is 43.2 Å². The zero-order valence-corrected chi connectivity index (χ0v) is 76.2. The molecule has 0 aromatic heterocycles. The number of esters is 4. The largest absolute Gasteiger partial charge is 0.472 e. The Morgan fingerprint density at radius 2 is 0.354 bits per heavy atom. The Morgan fingerprint density at radius 3 is 0.522 bits per heavy atom. The summed E-state index contributed by atoms with van der Waals surface area (Å²) in [5.74, 6) is -2.09. The zero-order chi connectivity index (χ0) is 82.4. The van der Waals surface area contributed by atoms with Gasteiger partial charge in [0.05, 0.1) is 26.4 Å². The molecule has 0 aromatic carbocycles. The molecule has 0 heterocycles. The number of carbonyl (C=O) groups is 4. The van der Waals surface area contributed by atoms with Gasteiger partial charge in [0.25, 0.3) is 0 Å². The molecule has 0 bridgehead atoms. The first-order valence-corrected chi connectivity index (χ1v) is 51.8. The lowest BCUT2D eigenvalue weighted by Crippen LogP contribution is -2.30. The second-order valence-electron chi connectivity index (χ2n) is 33.8. The van der Waals surface area contributed by atoms with Crippen LogP contribution in [0.4, 0.5) is 0 Å². The topological polar surface area (TPSA) is 237 Å². The van der Waals surface area contributed by atoms with E-state index in [0.717, 1.165) is 89.9 Å². The Bertz CT molecular complexity index is 2120. The minimum absolute atomic E-state index is 0.110. The summed E-state index contributed by atoms with van der Waals surface area (Å²) in [6.07, 6.45) is 86.3. The van der Waals surface area contributed by atoms with Gasteiger partial charge in [-0.25, -0.2) is 9.13 Å². The van der Waals surface area contributed by atoms with Crippen molar-refractivity contribution in [3.05, 3.63) is 0 Å². The molecule has 0 aromatic rings. The van der Waals surface area contributed by atoms with Crippen LogP contribution in [0.3, 0.4) is 0 Å². The number of hydrogen-bond donors (Lipinski definition) is 3. The van der Waals surface area contributed by atoms with Crippen molar-refractivity contribution >= 4 is 39.5 Å². The fourth-order valence-electron chi connectivity index (χ4n) is 14.9. The normalized spacial score (nSPS) is 13.6. The number of carbonyl (C=O) groups excluding carboxylic acids is 4. The molecule has 0 saturated heterocycles. The molecule has 17 nitrogen and oxygen atoms in total. The van der Waals surface area contributed by atoms with Crippen molar-refractivity contribution in [1.82, 2.24) is 0 Å². The highest BCUT2D eigenvalue weighted by Gasteiger charge is 2.31. The van der Waals surface area contributed by atoms with Gasteiger partial charge >= 0.3 is 39.5 Å². The SMILES string of the molecule is CCCCCCCCCCCCCCCCCCCCCCCCC(=O)OC[C@H](COP(=O)(O)OC[C@@H](O)COP(=O)(O)OC[C@@H](COC(=O)CCCCCCCCCCCCCCC)OC(=O)CCCCCCCCCCCCCCCCCC)OC(=O)CCCCCCCCCCCCCCCCCCCCCCCC. The highest BCUT2D eigenvalue weighted by atomic mass is 31.2. The third-order valence-corrected chi connectivity index (χ3v) is 24.3. The summed E-state index contributed by atoms with van der Waals surface area (Å²) in [6, 6.07) is 0. The first-order chi connectivity index (χ1) is 55.2. The van der Waals surface area contributed by atoms with Crippen molar-refractivity contribution in [2.45, 2.75) is 540 Å². The van der Waals surface area contributed by atoms with E-state index in [1.165, 1.54) is 353 Å². The van der Waals surface area contributed by atoms with Crippen LogP contribution >= 0.6 is 15.6 Å². The Morgan fingerprint density at radius 1 is 0.212 bits per heavy atom. The highest BCUT2D eigenvalue weighted by molar-refractivity contribution is 7.47. The quantitative estimate of drug-likeness (QED) is 0.0222. The van der Waals surface area contributed by atoms with E-state index < -0.39 is 97.5 Å². The van der Waals surface area contributed by atoms with Gasteiger partial charge in [0, 0.05) is 25.7 Å². The third-order valence-electron chi connectivity index (χ3n) is 22.4. The molecule has 0 aliphatic carbocycles. The molecule has 0 saturated carbocycles. The number of phosphoric acid groups is 2. The van der Waals surface area contributed by atoms with Gasteiger partial charge in [0.1, 0.15) is 19.3 Å². The summed E-state index contributed by atoms with van der Waals surface area (Å²) in [5, 5.41) is 10.7. The number of hydrogen-bond acceptors (Lipinski definition) is 15. The zero-order valence-electron chi connectivity index (χ0n) is 74.4. The van der Waals surface area contributed by atoms with Gasteiger partial charge in [-0.15, -0.1) is 0 Å². The average molecular weight is 1650 g/mol. The van der Waals surface area contributed by atoms with E-state index in [2.05, 4.69) is 27.7 Å². The molecule has 0 radical (unpaired) electrons. The predicted octanol–water partition coefficient (Wildman–Crippen LogP) is 29.6. The standard InChI is InChI=1S/C94H184O17P2/c1-5-9-13-17-21-25-29-33-36-39-41-43-45-47-49-52-55-59-63-67-71-75-79-92(97)105-85-90(111-94(99)81-77-73-69-65-61-57-53-50-48-46-44-42-40-37-34-30-26-22-18-14-10-6-2)87-109-113(102,103)107-83-88(95)82-106-112(100,101)108-86-89(84-104-91(96)78-74-70-66-62-58-54-32-28-24-20-16-12-8-4)110-93(98)80-76-72-68-64-60-56-51-38-35-31-27-23-19-15-11-7-3/h88-90,95H,5-87H2,1-4H3,(H,100,101)(H,102,103)/t88-,89+,90+/m0/s1. The summed E-state index contributed by atoms with van der Waals surface area (Å²) < 4.78 is 69.2. The molecule has 0 amide bonds. The van der Waals surface area contributed by atoms with Crippen LogP contribution in [0.15, 0.2) is 0 Å². The van der Waals surface area contributed by atoms with Crippen LogP contribution in [-0.4, -0.2) is 96.7 Å².